The minimum Gasteiger partial charge on any atom is -0.339 e. The van der Waals surface area contributed by atoms with Gasteiger partial charge in [0.05, 0.1) is 6.54 Å². The Balaban J connectivity index is 2.29. The van der Waals surface area contributed by atoms with Crippen LogP contribution in [0.15, 0.2) is 0 Å². The van der Waals surface area contributed by atoms with E-state index >= 15 is 0 Å². The lowest BCUT2D eigenvalue weighted by atomic mass is 10.3. The number of likely N-dealkylation sites (N-methyl/N-ethyl adjacent to an activating group) is 1. The van der Waals surface area contributed by atoms with Crippen LogP contribution in [0, 0.1) is 0 Å². The first-order valence-corrected chi connectivity index (χ1v) is 5.29. The van der Waals surface area contributed by atoms with Gasteiger partial charge in [-0.05, 0) is 25.8 Å². The molecule has 76 valence electrons. The van der Waals surface area contributed by atoms with Crippen molar-refractivity contribution in [3.05, 3.63) is 0 Å². The summed E-state index contributed by atoms with van der Waals surface area (Å²) in [6, 6.07) is 0.561. The zero-order valence-corrected chi connectivity index (χ0v) is 8.68. The normalized spacial score (nSPS) is 15.8. The van der Waals surface area contributed by atoms with Crippen LogP contribution in [-0.4, -0.2) is 36.5 Å². The number of carbonyl (C=O) groups is 1. The second-order valence-corrected chi connectivity index (χ2v) is 3.60. The number of nitrogens with zero attached hydrogens (tertiary/aromatic N) is 1. The molecule has 0 heterocycles. The molecule has 0 aromatic carbocycles. The molecule has 0 spiro atoms. The first-order valence-electron chi connectivity index (χ1n) is 5.29. The molecule has 0 unspecified atom stereocenters. The highest BCUT2D eigenvalue weighted by molar-refractivity contribution is 5.78. The van der Waals surface area contributed by atoms with Gasteiger partial charge in [-0.3, -0.25) is 4.79 Å². The molecule has 1 aliphatic rings. The van der Waals surface area contributed by atoms with Gasteiger partial charge >= 0.3 is 0 Å². The van der Waals surface area contributed by atoms with Gasteiger partial charge in [0, 0.05) is 12.6 Å². The average molecular weight is 184 g/mol. The van der Waals surface area contributed by atoms with Crippen LogP contribution in [0.3, 0.4) is 0 Å². The molecular formula is C10H20N2O. The van der Waals surface area contributed by atoms with E-state index in [2.05, 4.69) is 12.2 Å². The van der Waals surface area contributed by atoms with Gasteiger partial charge in [0.1, 0.15) is 0 Å². The number of hydrogen-bond acceptors (Lipinski definition) is 2. The number of carbonyl (C=O) groups excluding carboxylic acids is 1. The van der Waals surface area contributed by atoms with E-state index in [-0.39, 0.29) is 5.91 Å². The Hall–Kier alpha value is -0.570. The predicted molar refractivity (Wildman–Crippen MR) is 53.6 cm³/mol. The first-order chi connectivity index (χ1) is 6.29. The molecule has 1 aliphatic carbocycles. The Labute approximate surface area is 80.5 Å². The molecule has 0 aromatic heterocycles. The maximum absolute atomic E-state index is 11.6. The molecule has 1 fully saturated rings. The highest BCUT2D eigenvalue weighted by Crippen LogP contribution is 2.26. The fourth-order valence-corrected chi connectivity index (χ4v) is 1.47. The SMILES string of the molecule is CCCN(C(=O)CNCC)C1CC1. The summed E-state index contributed by atoms with van der Waals surface area (Å²) in [6.45, 7) is 6.45. The third-order valence-corrected chi connectivity index (χ3v) is 2.30. The Bertz CT molecular complexity index is 166. The van der Waals surface area contributed by atoms with Crippen molar-refractivity contribution in [3.8, 4) is 0 Å². The number of hydrogen-bond donors (Lipinski definition) is 1. The monoisotopic (exact) mass is 184 g/mol. The van der Waals surface area contributed by atoms with Gasteiger partial charge < -0.3 is 10.2 Å². The van der Waals surface area contributed by atoms with Crippen LogP contribution < -0.4 is 5.32 Å². The Kier molecular flexibility index (Phi) is 4.22. The quantitative estimate of drug-likeness (QED) is 0.668. The lowest BCUT2D eigenvalue weighted by Crippen LogP contribution is -2.40. The molecule has 1 amide bonds. The summed E-state index contributed by atoms with van der Waals surface area (Å²) in [5, 5.41) is 3.08. The van der Waals surface area contributed by atoms with Crippen LogP contribution in [0.1, 0.15) is 33.1 Å². The number of rotatable bonds is 6. The van der Waals surface area contributed by atoms with Gasteiger partial charge in [-0.15, -0.1) is 0 Å². The minimum absolute atomic E-state index is 0.270. The highest BCUT2D eigenvalue weighted by atomic mass is 16.2. The van der Waals surface area contributed by atoms with E-state index in [4.69, 9.17) is 0 Å². The number of amides is 1. The zero-order chi connectivity index (χ0) is 9.68. The molecule has 0 aliphatic heterocycles. The molecule has 3 nitrogen and oxygen atoms in total. The van der Waals surface area contributed by atoms with Crippen LogP contribution in [0.5, 0.6) is 0 Å². The molecule has 13 heavy (non-hydrogen) atoms. The van der Waals surface area contributed by atoms with Crippen molar-refractivity contribution in [1.82, 2.24) is 10.2 Å². The van der Waals surface area contributed by atoms with Crippen LogP contribution in [0.2, 0.25) is 0 Å². The summed E-state index contributed by atoms with van der Waals surface area (Å²) in [4.78, 5) is 13.7. The van der Waals surface area contributed by atoms with Gasteiger partial charge in [-0.2, -0.15) is 0 Å². The van der Waals surface area contributed by atoms with Crippen LogP contribution in [0.4, 0.5) is 0 Å². The molecule has 3 heteroatoms. The lowest BCUT2D eigenvalue weighted by molar-refractivity contribution is -0.130. The average Bonchev–Trinajstić information content (AvgIpc) is 2.93. The van der Waals surface area contributed by atoms with Crippen molar-refractivity contribution in [3.63, 3.8) is 0 Å². The Morgan fingerprint density at radius 1 is 1.46 bits per heavy atom. The largest absolute Gasteiger partial charge is 0.339 e. The standard InChI is InChI=1S/C10H20N2O/c1-3-7-12(9-5-6-9)10(13)8-11-4-2/h9,11H,3-8H2,1-2H3. The van der Waals surface area contributed by atoms with Gasteiger partial charge in [-0.25, -0.2) is 0 Å². The second-order valence-electron chi connectivity index (χ2n) is 3.60. The topological polar surface area (TPSA) is 32.3 Å². The van der Waals surface area contributed by atoms with Gasteiger partial charge in [0.25, 0.3) is 0 Å². The molecule has 0 aromatic rings. The van der Waals surface area contributed by atoms with E-state index in [9.17, 15) is 4.79 Å². The van der Waals surface area contributed by atoms with Crippen LogP contribution >= 0.6 is 0 Å². The van der Waals surface area contributed by atoms with Crippen LogP contribution in [0.25, 0.3) is 0 Å². The Morgan fingerprint density at radius 2 is 2.15 bits per heavy atom. The molecule has 1 rings (SSSR count). The minimum atomic E-state index is 0.270. The third kappa shape index (κ3) is 3.35. The van der Waals surface area contributed by atoms with Crippen molar-refractivity contribution in [2.24, 2.45) is 0 Å². The van der Waals surface area contributed by atoms with Crippen molar-refractivity contribution in [1.29, 1.82) is 0 Å². The van der Waals surface area contributed by atoms with E-state index in [1.165, 1.54) is 12.8 Å². The van der Waals surface area contributed by atoms with Gasteiger partial charge in [-0.1, -0.05) is 13.8 Å². The summed E-state index contributed by atoms with van der Waals surface area (Å²) in [5.74, 6) is 0.270. The van der Waals surface area contributed by atoms with Crippen molar-refractivity contribution >= 4 is 5.91 Å². The fraction of sp³-hybridized carbons (Fsp3) is 0.900. The van der Waals surface area contributed by atoms with E-state index in [1.807, 2.05) is 11.8 Å². The summed E-state index contributed by atoms with van der Waals surface area (Å²) >= 11 is 0. The first kappa shape index (κ1) is 10.5. The van der Waals surface area contributed by atoms with Crippen molar-refractivity contribution in [2.75, 3.05) is 19.6 Å². The molecule has 0 saturated heterocycles. The summed E-state index contributed by atoms with van der Waals surface area (Å²) in [6.07, 6.45) is 3.48. The smallest absolute Gasteiger partial charge is 0.236 e. The third-order valence-electron chi connectivity index (χ3n) is 2.30. The number of nitrogens with one attached hydrogen (secondary N) is 1. The molecule has 0 radical (unpaired) electrons. The molecular weight excluding hydrogens is 164 g/mol. The molecule has 1 saturated carbocycles. The molecule has 1 N–H and O–H groups in total. The summed E-state index contributed by atoms with van der Waals surface area (Å²) in [5.41, 5.74) is 0. The van der Waals surface area contributed by atoms with E-state index < -0.39 is 0 Å². The van der Waals surface area contributed by atoms with Crippen LogP contribution in [-0.2, 0) is 4.79 Å². The predicted octanol–water partition coefficient (Wildman–Crippen LogP) is 0.997. The maximum atomic E-state index is 11.6. The van der Waals surface area contributed by atoms with E-state index in [0.717, 1.165) is 19.5 Å². The highest BCUT2D eigenvalue weighted by Gasteiger charge is 2.31. The van der Waals surface area contributed by atoms with E-state index in [1.54, 1.807) is 0 Å². The van der Waals surface area contributed by atoms with Gasteiger partial charge in [0.2, 0.25) is 5.91 Å². The fourth-order valence-electron chi connectivity index (χ4n) is 1.47. The molecule has 0 bridgehead atoms. The van der Waals surface area contributed by atoms with Crippen molar-refractivity contribution in [2.45, 2.75) is 39.2 Å². The Morgan fingerprint density at radius 3 is 2.62 bits per heavy atom. The lowest BCUT2D eigenvalue weighted by Gasteiger charge is -2.21. The maximum Gasteiger partial charge on any atom is 0.236 e. The second kappa shape index (κ2) is 5.22. The summed E-state index contributed by atoms with van der Waals surface area (Å²) in [7, 11) is 0. The zero-order valence-electron chi connectivity index (χ0n) is 8.68. The van der Waals surface area contributed by atoms with Gasteiger partial charge in [0.15, 0.2) is 0 Å². The van der Waals surface area contributed by atoms with Crippen molar-refractivity contribution < 1.29 is 4.79 Å². The summed E-state index contributed by atoms with van der Waals surface area (Å²) < 4.78 is 0. The molecule has 0 atom stereocenters. The van der Waals surface area contributed by atoms with E-state index in [0.29, 0.717) is 12.6 Å².